The molecule has 1 heterocycles. The highest BCUT2D eigenvalue weighted by Gasteiger charge is 2.33. The van der Waals surface area contributed by atoms with Gasteiger partial charge in [0.05, 0.1) is 32.1 Å². The predicted octanol–water partition coefficient (Wildman–Crippen LogP) is 1.67. The maximum atomic E-state index is 13.8. The summed E-state index contributed by atoms with van der Waals surface area (Å²) in [6.45, 7) is 1.07. The third-order valence-corrected chi connectivity index (χ3v) is 3.41. The molecular weight excluding hydrogens is 312 g/mol. The molecule has 0 aliphatic carbocycles. The van der Waals surface area contributed by atoms with Gasteiger partial charge >= 0.3 is 11.9 Å². The van der Waals surface area contributed by atoms with Crippen LogP contribution in [-0.2, 0) is 23.8 Å². The van der Waals surface area contributed by atoms with Gasteiger partial charge in [0.15, 0.2) is 0 Å². The van der Waals surface area contributed by atoms with E-state index >= 15 is 0 Å². The van der Waals surface area contributed by atoms with Crippen LogP contribution in [0.1, 0.15) is 5.56 Å². The van der Waals surface area contributed by atoms with Gasteiger partial charge in [0.2, 0.25) is 0 Å². The largest absolute Gasteiger partial charge is 0.466 e. The highest BCUT2D eigenvalue weighted by Crippen LogP contribution is 2.31. The molecule has 1 aliphatic heterocycles. The molecule has 0 saturated carbocycles. The molecule has 0 amide bonds. The maximum absolute atomic E-state index is 13.8. The van der Waals surface area contributed by atoms with E-state index in [0.717, 1.165) is 26.4 Å². The Hall–Kier alpha value is -2.48. The molecule has 1 aliphatic rings. The van der Waals surface area contributed by atoms with Gasteiger partial charge in [-0.3, -0.25) is 0 Å². The van der Waals surface area contributed by atoms with E-state index in [0.29, 0.717) is 0 Å². The van der Waals surface area contributed by atoms with Crippen LogP contribution in [0.4, 0.5) is 14.5 Å². The van der Waals surface area contributed by atoms with E-state index in [9.17, 15) is 18.4 Å². The van der Waals surface area contributed by atoms with Gasteiger partial charge in [0.1, 0.15) is 24.1 Å². The summed E-state index contributed by atoms with van der Waals surface area (Å²) >= 11 is 0. The number of carbonyl (C=O) groups excluding carboxylic acids is 2. The van der Waals surface area contributed by atoms with Crippen LogP contribution in [0, 0.1) is 18.6 Å². The summed E-state index contributed by atoms with van der Waals surface area (Å²) in [5, 5.41) is 0. The summed E-state index contributed by atoms with van der Waals surface area (Å²) < 4.78 is 41.9. The van der Waals surface area contributed by atoms with Crippen LogP contribution >= 0.6 is 0 Å². The maximum Gasteiger partial charge on any atom is 0.355 e. The molecule has 6 nitrogen and oxygen atoms in total. The van der Waals surface area contributed by atoms with Crippen molar-refractivity contribution in [1.82, 2.24) is 0 Å². The number of halogens is 2. The first-order valence-electron chi connectivity index (χ1n) is 6.61. The van der Waals surface area contributed by atoms with E-state index in [1.165, 1.54) is 11.8 Å². The third kappa shape index (κ3) is 3.16. The second-order valence-electron chi connectivity index (χ2n) is 4.75. The predicted molar refractivity (Wildman–Crippen MR) is 75.5 cm³/mol. The van der Waals surface area contributed by atoms with Crippen molar-refractivity contribution in [2.75, 3.05) is 32.5 Å². The molecule has 0 bridgehead atoms. The normalized spacial score (nSPS) is 14.7. The third-order valence-electron chi connectivity index (χ3n) is 3.41. The molecule has 0 aromatic heterocycles. The Labute approximate surface area is 131 Å². The number of methoxy groups -OCH3 is 2. The van der Waals surface area contributed by atoms with Crippen LogP contribution in [0.2, 0.25) is 0 Å². The number of hydrogen-bond acceptors (Lipinski definition) is 6. The molecule has 1 aromatic carbocycles. The lowest BCUT2D eigenvalue weighted by molar-refractivity contribution is -0.140. The van der Waals surface area contributed by atoms with E-state index in [1.807, 2.05) is 0 Å². The molecular formula is C15H15F2NO5. The van der Waals surface area contributed by atoms with Gasteiger partial charge < -0.3 is 19.1 Å². The molecule has 8 heteroatoms. The van der Waals surface area contributed by atoms with Crippen molar-refractivity contribution in [3.8, 4) is 0 Å². The van der Waals surface area contributed by atoms with Crippen molar-refractivity contribution < 1.29 is 32.6 Å². The first-order chi connectivity index (χ1) is 10.9. The molecule has 23 heavy (non-hydrogen) atoms. The summed E-state index contributed by atoms with van der Waals surface area (Å²) in [6, 6.07) is 1.78. The first-order valence-corrected chi connectivity index (χ1v) is 6.61. The Morgan fingerprint density at radius 1 is 1.17 bits per heavy atom. The second-order valence-corrected chi connectivity index (χ2v) is 4.75. The monoisotopic (exact) mass is 327 g/mol. The highest BCUT2D eigenvalue weighted by molar-refractivity contribution is 6.03. The lowest BCUT2D eigenvalue weighted by Crippen LogP contribution is -2.39. The zero-order valence-corrected chi connectivity index (χ0v) is 12.8. The Balaban J connectivity index is 2.65. The van der Waals surface area contributed by atoms with Crippen LogP contribution in [0.3, 0.4) is 0 Å². The molecule has 0 unspecified atom stereocenters. The standard InChI is InChI=1S/C15H15F2NO5/c1-8-11(17)4-9(16)5-12(8)18-7-23-6-10(14(19)21-2)13(18)15(20)22-3/h4-5H,6-7H2,1-3H3. The fraction of sp³-hybridized carbons (Fsp3) is 0.333. The first kappa shape index (κ1) is 16.9. The number of rotatable bonds is 3. The fourth-order valence-corrected chi connectivity index (χ4v) is 2.25. The van der Waals surface area contributed by atoms with Crippen LogP contribution in [0.5, 0.6) is 0 Å². The van der Waals surface area contributed by atoms with Crippen LogP contribution in [-0.4, -0.2) is 39.5 Å². The molecule has 2 rings (SSSR count). The van der Waals surface area contributed by atoms with Gasteiger partial charge in [0.25, 0.3) is 0 Å². The van der Waals surface area contributed by atoms with E-state index in [2.05, 4.69) is 9.47 Å². The number of carbonyl (C=O) groups is 2. The van der Waals surface area contributed by atoms with E-state index < -0.39 is 23.6 Å². The van der Waals surface area contributed by atoms with Gasteiger partial charge in [-0.05, 0) is 13.0 Å². The summed E-state index contributed by atoms with van der Waals surface area (Å²) in [7, 11) is 2.28. The average Bonchev–Trinajstić information content (AvgIpc) is 2.55. The van der Waals surface area contributed by atoms with Gasteiger partial charge in [-0.25, -0.2) is 18.4 Å². The fourth-order valence-electron chi connectivity index (χ4n) is 2.25. The SMILES string of the molecule is COC(=O)C1=C(C(=O)OC)N(c2cc(F)cc(F)c2C)COC1. The van der Waals surface area contributed by atoms with Crippen LogP contribution < -0.4 is 4.90 Å². The number of hydrogen-bond donors (Lipinski definition) is 0. The van der Waals surface area contributed by atoms with Gasteiger partial charge in [-0.1, -0.05) is 0 Å². The van der Waals surface area contributed by atoms with E-state index in [4.69, 9.17) is 4.74 Å². The Morgan fingerprint density at radius 2 is 1.83 bits per heavy atom. The summed E-state index contributed by atoms with van der Waals surface area (Å²) in [6.07, 6.45) is 0. The van der Waals surface area contributed by atoms with Crippen LogP contribution in [0.25, 0.3) is 0 Å². The zero-order chi connectivity index (χ0) is 17.1. The number of benzene rings is 1. The molecule has 0 radical (unpaired) electrons. The topological polar surface area (TPSA) is 65.1 Å². The molecule has 1 aromatic rings. The lowest BCUT2D eigenvalue weighted by atomic mass is 10.1. The number of ether oxygens (including phenoxy) is 3. The van der Waals surface area contributed by atoms with Crippen molar-refractivity contribution >= 4 is 17.6 Å². The highest BCUT2D eigenvalue weighted by atomic mass is 19.1. The molecule has 0 N–H and O–H groups in total. The molecule has 0 atom stereocenters. The Bertz CT molecular complexity index is 687. The summed E-state index contributed by atoms with van der Waals surface area (Å²) in [5.41, 5.74) is -0.0973. The van der Waals surface area contributed by atoms with Crippen LogP contribution in [0.15, 0.2) is 23.4 Å². The molecule has 0 saturated heterocycles. The molecule has 0 fully saturated rings. The quantitative estimate of drug-likeness (QED) is 0.787. The molecule has 0 spiro atoms. The minimum Gasteiger partial charge on any atom is -0.466 e. The Kier molecular flexibility index (Phi) is 4.95. The lowest BCUT2D eigenvalue weighted by Gasteiger charge is -2.32. The summed E-state index contributed by atoms with van der Waals surface area (Å²) in [4.78, 5) is 25.1. The molecule has 124 valence electrons. The van der Waals surface area contributed by atoms with E-state index in [-0.39, 0.29) is 35.9 Å². The average molecular weight is 327 g/mol. The summed E-state index contributed by atoms with van der Waals surface area (Å²) in [5.74, 6) is -3.23. The van der Waals surface area contributed by atoms with Crippen molar-refractivity contribution in [2.45, 2.75) is 6.92 Å². The van der Waals surface area contributed by atoms with Crippen molar-refractivity contribution in [1.29, 1.82) is 0 Å². The van der Waals surface area contributed by atoms with Gasteiger partial charge in [0, 0.05) is 11.6 Å². The minimum atomic E-state index is -0.835. The Morgan fingerprint density at radius 3 is 2.43 bits per heavy atom. The van der Waals surface area contributed by atoms with Crippen molar-refractivity contribution in [3.63, 3.8) is 0 Å². The van der Waals surface area contributed by atoms with Crippen molar-refractivity contribution in [3.05, 3.63) is 40.6 Å². The number of nitrogens with zero attached hydrogens (tertiary/aromatic N) is 1. The van der Waals surface area contributed by atoms with E-state index in [1.54, 1.807) is 0 Å². The second kappa shape index (κ2) is 6.74. The number of esters is 2. The van der Waals surface area contributed by atoms with Gasteiger partial charge in [-0.15, -0.1) is 0 Å². The van der Waals surface area contributed by atoms with Crippen molar-refractivity contribution in [2.24, 2.45) is 0 Å². The number of anilines is 1. The van der Waals surface area contributed by atoms with Gasteiger partial charge in [-0.2, -0.15) is 0 Å². The zero-order valence-electron chi connectivity index (χ0n) is 12.8. The smallest absolute Gasteiger partial charge is 0.355 e. The minimum absolute atomic E-state index is 0.0593.